The first kappa shape index (κ1) is 15.7. The van der Waals surface area contributed by atoms with Crippen LogP contribution in [0.1, 0.15) is 42.8 Å². The van der Waals surface area contributed by atoms with Crippen molar-refractivity contribution in [1.82, 2.24) is 34.3 Å². The predicted octanol–water partition coefficient (Wildman–Crippen LogP) is 2.12. The molecule has 0 spiro atoms. The summed E-state index contributed by atoms with van der Waals surface area (Å²) in [6.07, 6.45) is 6.21. The van der Waals surface area contributed by atoms with Gasteiger partial charge < -0.3 is 4.90 Å². The largest absolute Gasteiger partial charge is 0.340 e. The zero-order valence-corrected chi connectivity index (χ0v) is 14.8. The molecule has 4 rings (SSSR count). The van der Waals surface area contributed by atoms with Crippen molar-refractivity contribution in [3.05, 3.63) is 29.1 Å². The van der Waals surface area contributed by atoms with Crippen LogP contribution in [0, 0.1) is 13.8 Å². The van der Waals surface area contributed by atoms with Crippen LogP contribution in [0.15, 0.2) is 6.07 Å². The lowest BCUT2D eigenvalue weighted by molar-refractivity contribution is 0.648. The second-order valence-electron chi connectivity index (χ2n) is 6.33. The minimum atomic E-state index is 0.617. The van der Waals surface area contributed by atoms with Gasteiger partial charge in [0, 0.05) is 31.0 Å². The molecule has 0 amide bonds. The average molecular weight is 338 g/mol. The molecule has 3 aromatic rings. The van der Waals surface area contributed by atoms with Crippen LogP contribution in [0.4, 0.5) is 5.95 Å². The van der Waals surface area contributed by atoms with Crippen molar-refractivity contribution in [2.75, 3.05) is 18.0 Å². The molecule has 8 nitrogen and oxygen atoms in total. The summed E-state index contributed by atoms with van der Waals surface area (Å²) < 4.78 is 3.67. The molecule has 3 aromatic heterocycles. The number of anilines is 1. The van der Waals surface area contributed by atoms with Gasteiger partial charge in [-0.15, -0.1) is 10.2 Å². The van der Waals surface area contributed by atoms with E-state index in [1.54, 1.807) is 4.52 Å². The first-order valence-electron chi connectivity index (χ1n) is 8.73. The summed E-state index contributed by atoms with van der Waals surface area (Å²) in [6, 6.07) is 1.99. The summed E-state index contributed by atoms with van der Waals surface area (Å²) in [5.41, 5.74) is 1.96. The lowest BCUT2D eigenvalue weighted by Crippen LogP contribution is -2.19. The fraction of sp³-hybridized carbons (Fsp3) is 0.471. The van der Waals surface area contributed by atoms with E-state index in [1.807, 2.05) is 36.7 Å². The maximum absolute atomic E-state index is 4.68. The molecule has 0 atom stereocenters. The maximum atomic E-state index is 4.68. The van der Waals surface area contributed by atoms with Gasteiger partial charge in [-0.3, -0.25) is 0 Å². The van der Waals surface area contributed by atoms with Crippen LogP contribution in [0.5, 0.6) is 0 Å². The van der Waals surface area contributed by atoms with E-state index in [0.717, 1.165) is 42.8 Å². The molecule has 4 heterocycles. The Bertz CT molecular complexity index is 930. The van der Waals surface area contributed by atoms with Gasteiger partial charge in [-0.1, -0.05) is 0 Å². The van der Waals surface area contributed by atoms with Crippen molar-refractivity contribution < 1.29 is 0 Å². The number of nitrogens with zero attached hydrogens (tertiary/aromatic N) is 8. The van der Waals surface area contributed by atoms with Crippen LogP contribution in [-0.4, -0.2) is 47.4 Å². The van der Waals surface area contributed by atoms with Crippen LogP contribution >= 0.6 is 0 Å². The first-order valence-corrected chi connectivity index (χ1v) is 8.73. The van der Waals surface area contributed by atoms with Crippen LogP contribution in [0.3, 0.4) is 0 Å². The molecule has 0 N–H and O–H groups in total. The quantitative estimate of drug-likeness (QED) is 0.725. The monoisotopic (exact) mass is 338 g/mol. The Balaban J connectivity index is 1.64. The lowest BCUT2D eigenvalue weighted by Gasteiger charge is -2.10. The highest BCUT2D eigenvalue weighted by Gasteiger charge is 2.18. The minimum Gasteiger partial charge on any atom is -0.340 e. The smallest absolute Gasteiger partial charge is 0.253 e. The van der Waals surface area contributed by atoms with Crippen LogP contribution in [-0.2, 0) is 6.54 Å². The Hall–Kier alpha value is -2.77. The van der Waals surface area contributed by atoms with E-state index in [1.165, 1.54) is 12.8 Å². The molecule has 0 aromatic carbocycles. The molecule has 0 saturated carbocycles. The van der Waals surface area contributed by atoms with Gasteiger partial charge in [0.15, 0.2) is 11.6 Å². The van der Waals surface area contributed by atoms with Gasteiger partial charge in [0.1, 0.15) is 0 Å². The molecular formula is C17H22N8. The van der Waals surface area contributed by atoms with Gasteiger partial charge in [0.2, 0.25) is 5.95 Å². The van der Waals surface area contributed by atoms with Gasteiger partial charge in [-0.05, 0) is 51.8 Å². The van der Waals surface area contributed by atoms with Crippen molar-refractivity contribution in [3.8, 4) is 0 Å². The molecule has 8 heteroatoms. The third kappa shape index (κ3) is 2.99. The summed E-state index contributed by atoms with van der Waals surface area (Å²) >= 11 is 0. The molecule has 1 saturated heterocycles. The van der Waals surface area contributed by atoms with Gasteiger partial charge in [0.05, 0.1) is 0 Å². The summed E-state index contributed by atoms with van der Waals surface area (Å²) in [7, 11) is 0. The Morgan fingerprint density at radius 3 is 2.60 bits per heavy atom. The summed E-state index contributed by atoms with van der Waals surface area (Å²) in [5.74, 6) is 2.88. The Labute approximate surface area is 146 Å². The number of aromatic nitrogens is 7. The van der Waals surface area contributed by atoms with Crippen molar-refractivity contribution in [1.29, 1.82) is 0 Å². The maximum Gasteiger partial charge on any atom is 0.253 e. The number of hydrogen-bond donors (Lipinski definition) is 0. The number of rotatable bonds is 4. The van der Waals surface area contributed by atoms with Crippen LogP contribution < -0.4 is 4.90 Å². The molecule has 0 radical (unpaired) electrons. The van der Waals surface area contributed by atoms with E-state index in [4.69, 9.17) is 0 Å². The molecule has 0 unspecified atom stereocenters. The third-order valence-corrected chi connectivity index (χ3v) is 4.39. The molecule has 130 valence electrons. The summed E-state index contributed by atoms with van der Waals surface area (Å²) in [5, 5.41) is 9.11. The standard InChI is InChI=1S/C17H22N8/c1-4-24-15(20-17(22-24)23-9-5-6-10-23)8-7-14-19-16-18-12(2)11-13(3)25(16)21-14/h7-8,11H,4-6,9-10H2,1-3H3/b8-7+. The van der Waals surface area contributed by atoms with Gasteiger partial charge in [-0.2, -0.15) is 9.97 Å². The zero-order chi connectivity index (χ0) is 17.4. The topological polar surface area (TPSA) is 77.0 Å². The lowest BCUT2D eigenvalue weighted by atomic mass is 10.4. The van der Waals surface area contributed by atoms with Crippen molar-refractivity contribution in [3.63, 3.8) is 0 Å². The normalized spacial score (nSPS) is 15.1. The fourth-order valence-corrected chi connectivity index (χ4v) is 3.15. The molecular weight excluding hydrogens is 316 g/mol. The second-order valence-corrected chi connectivity index (χ2v) is 6.33. The fourth-order valence-electron chi connectivity index (χ4n) is 3.15. The van der Waals surface area contributed by atoms with Crippen molar-refractivity contribution in [2.24, 2.45) is 0 Å². The second kappa shape index (κ2) is 6.27. The molecule has 0 bridgehead atoms. The zero-order valence-electron chi connectivity index (χ0n) is 14.8. The van der Waals surface area contributed by atoms with Gasteiger partial charge in [-0.25, -0.2) is 14.2 Å². The highest BCUT2D eigenvalue weighted by atomic mass is 15.4. The summed E-state index contributed by atoms with van der Waals surface area (Å²) in [4.78, 5) is 15.8. The van der Waals surface area contributed by atoms with Crippen molar-refractivity contribution >= 4 is 23.9 Å². The van der Waals surface area contributed by atoms with E-state index in [2.05, 4.69) is 37.0 Å². The molecule has 0 aliphatic carbocycles. The van der Waals surface area contributed by atoms with Gasteiger partial charge >= 0.3 is 0 Å². The minimum absolute atomic E-state index is 0.617. The molecule has 1 fully saturated rings. The van der Waals surface area contributed by atoms with Crippen LogP contribution in [0.25, 0.3) is 17.9 Å². The molecule has 1 aliphatic rings. The van der Waals surface area contributed by atoms with Gasteiger partial charge in [0.25, 0.3) is 5.78 Å². The SMILES string of the molecule is CCn1nc(N2CCCC2)nc1/C=C/c1nc2nc(C)cc(C)n2n1. The van der Waals surface area contributed by atoms with Crippen molar-refractivity contribution in [2.45, 2.75) is 40.2 Å². The number of hydrogen-bond acceptors (Lipinski definition) is 6. The van der Waals surface area contributed by atoms with E-state index in [-0.39, 0.29) is 0 Å². The predicted molar refractivity (Wildman–Crippen MR) is 96.3 cm³/mol. The first-order chi connectivity index (χ1) is 12.1. The number of fused-ring (bicyclic) bond motifs is 1. The number of aryl methyl sites for hydroxylation is 3. The Morgan fingerprint density at radius 2 is 1.84 bits per heavy atom. The summed E-state index contributed by atoms with van der Waals surface area (Å²) in [6.45, 7) is 8.88. The molecule has 25 heavy (non-hydrogen) atoms. The average Bonchev–Trinajstić information content (AvgIpc) is 3.31. The highest BCUT2D eigenvalue weighted by molar-refractivity contribution is 5.64. The Kier molecular flexibility index (Phi) is 3.95. The third-order valence-electron chi connectivity index (χ3n) is 4.39. The van der Waals surface area contributed by atoms with E-state index in [0.29, 0.717) is 11.6 Å². The Morgan fingerprint density at radius 1 is 1.04 bits per heavy atom. The highest BCUT2D eigenvalue weighted by Crippen LogP contribution is 2.17. The van der Waals surface area contributed by atoms with E-state index in [9.17, 15) is 0 Å². The van der Waals surface area contributed by atoms with E-state index >= 15 is 0 Å². The molecule has 1 aliphatic heterocycles. The van der Waals surface area contributed by atoms with Crippen LogP contribution in [0.2, 0.25) is 0 Å². The van der Waals surface area contributed by atoms with E-state index < -0.39 is 0 Å².